The number of halogens is 1. The van der Waals surface area contributed by atoms with Crippen LogP contribution < -0.4 is 10.6 Å². The summed E-state index contributed by atoms with van der Waals surface area (Å²) in [7, 11) is 0. The van der Waals surface area contributed by atoms with E-state index in [2.05, 4.69) is 10.6 Å². The van der Waals surface area contributed by atoms with E-state index in [9.17, 15) is 9.18 Å². The molecule has 4 heteroatoms. The van der Waals surface area contributed by atoms with Crippen molar-refractivity contribution in [3.8, 4) is 0 Å². The van der Waals surface area contributed by atoms with E-state index in [1.54, 1.807) is 6.07 Å². The van der Waals surface area contributed by atoms with Gasteiger partial charge in [-0.25, -0.2) is 4.39 Å². The molecular formula is C17H17FN2O. The van der Waals surface area contributed by atoms with Crippen LogP contribution in [0.25, 0.3) is 0 Å². The van der Waals surface area contributed by atoms with Crippen molar-refractivity contribution in [2.45, 2.75) is 18.5 Å². The molecule has 0 aromatic heterocycles. The van der Waals surface area contributed by atoms with Crippen LogP contribution in [0.5, 0.6) is 0 Å². The third-order valence-electron chi connectivity index (χ3n) is 3.73. The molecule has 2 aromatic carbocycles. The Morgan fingerprint density at radius 3 is 2.67 bits per heavy atom. The number of carbonyl (C=O) groups is 1. The molecule has 3 rings (SSSR count). The molecule has 0 aliphatic carbocycles. The van der Waals surface area contributed by atoms with E-state index >= 15 is 0 Å². The Morgan fingerprint density at radius 1 is 1.10 bits per heavy atom. The summed E-state index contributed by atoms with van der Waals surface area (Å²) in [4.78, 5) is 12.0. The van der Waals surface area contributed by atoms with Crippen molar-refractivity contribution in [1.29, 1.82) is 0 Å². The van der Waals surface area contributed by atoms with Gasteiger partial charge >= 0.3 is 0 Å². The van der Waals surface area contributed by atoms with Crippen molar-refractivity contribution in [2.75, 3.05) is 6.54 Å². The molecule has 21 heavy (non-hydrogen) atoms. The molecule has 0 unspecified atom stereocenters. The molecular weight excluding hydrogens is 267 g/mol. The van der Waals surface area contributed by atoms with Gasteiger partial charge < -0.3 is 5.32 Å². The van der Waals surface area contributed by atoms with E-state index in [1.807, 2.05) is 36.4 Å². The quantitative estimate of drug-likeness (QED) is 0.907. The van der Waals surface area contributed by atoms with E-state index in [0.717, 1.165) is 11.1 Å². The summed E-state index contributed by atoms with van der Waals surface area (Å²) in [6, 6.07) is 16.1. The number of hydrogen-bond donors (Lipinski definition) is 2. The average molecular weight is 284 g/mol. The monoisotopic (exact) mass is 284 g/mol. The van der Waals surface area contributed by atoms with E-state index in [4.69, 9.17) is 0 Å². The van der Waals surface area contributed by atoms with Gasteiger partial charge in [0.15, 0.2) is 0 Å². The minimum Gasteiger partial charge on any atom is -0.353 e. The van der Waals surface area contributed by atoms with E-state index in [1.165, 1.54) is 12.1 Å². The lowest BCUT2D eigenvalue weighted by atomic mass is 9.98. The van der Waals surface area contributed by atoms with Gasteiger partial charge in [0.1, 0.15) is 5.82 Å². The second kappa shape index (κ2) is 6.06. The first-order chi connectivity index (χ1) is 10.2. The number of nitrogens with one attached hydrogen (secondary N) is 2. The first-order valence-electron chi connectivity index (χ1n) is 7.05. The predicted octanol–water partition coefficient (Wildman–Crippen LogP) is 2.20. The molecule has 0 radical (unpaired) electrons. The highest BCUT2D eigenvalue weighted by Gasteiger charge is 2.28. The Morgan fingerprint density at radius 2 is 1.90 bits per heavy atom. The van der Waals surface area contributed by atoms with Crippen molar-refractivity contribution < 1.29 is 9.18 Å². The van der Waals surface area contributed by atoms with E-state index < -0.39 is 0 Å². The lowest BCUT2D eigenvalue weighted by molar-refractivity contribution is -0.125. The van der Waals surface area contributed by atoms with Gasteiger partial charge in [-0.15, -0.1) is 0 Å². The lowest BCUT2D eigenvalue weighted by Crippen LogP contribution is -2.55. The van der Waals surface area contributed by atoms with Crippen molar-refractivity contribution in [3.05, 3.63) is 71.5 Å². The minimum absolute atomic E-state index is 0.0357. The molecule has 1 aliphatic rings. The highest BCUT2D eigenvalue weighted by Crippen LogP contribution is 2.17. The molecule has 1 aliphatic heterocycles. The summed E-state index contributed by atoms with van der Waals surface area (Å²) < 4.78 is 13.2. The predicted molar refractivity (Wildman–Crippen MR) is 79.2 cm³/mol. The summed E-state index contributed by atoms with van der Waals surface area (Å²) >= 11 is 0. The fourth-order valence-electron chi connectivity index (χ4n) is 2.65. The van der Waals surface area contributed by atoms with E-state index in [0.29, 0.717) is 13.0 Å². The Balaban J connectivity index is 1.73. The maximum absolute atomic E-state index is 13.2. The van der Waals surface area contributed by atoms with E-state index in [-0.39, 0.29) is 23.8 Å². The van der Waals surface area contributed by atoms with Gasteiger partial charge in [0.25, 0.3) is 0 Å². The first-order valence-corrected chi connectivity index (χ1v) is 7.05. The normalized spacial score (nSPS) is 21.9. The fourth-order valence-corrected chi connectivity index (χ4v) is 2.65. The maximum atomic E-state index is 13.2. The highest BCUT2D eigenvalue weighted by atomic mass is 19.1. The molecule has 1 heterocycles. The Kier molecular flexibility index (Phi) is 3.97. The molecule has 3 nitrogen and oxygen atoms in total. The van der Waals surface area contributed by atoms with Crippen LogP contribution in [-0.4, -0.2) is 18.5 Å². The third kappa shape index (κ3) is 3.28. The average Bonchev–Trinajstić information content (AvgIpc) is 2.50. The summed E-state index contributed by atoms with van der Waals surface area (Å²) in [5, 5.41) is 6.27. The smallest absolute Gasteiger partial charge is 0.237 e. The number of piperazine rings is 1. The number of rotatable bonds is 3. The Hall–Kier alpha value is -2.20. The standard InChI is InChI=1S/C17H17FN2O/c18-14-8-4-5-12(9-14)10-15-17(21)19-11-16(20-15)13-6-2-1-3-7-13/h1-9,15-16,20H,10-11H2,(H,19,21)/t15-,16-/m0/s1. The molecule has 0 spiro atoms. The van der Waals surface area contributed by atoms with Crippen LogP contribution in [0.4, 0.5) is 4.39 Å². The second-order valence-electron chi connectivity index (χ2n) is 5.26. The maximum Gasteiger partial charge on any atom is 0.237 e. The first kappa shape index (κ1) is 13.8. The SMILES string of the molecule is O=C1NC[C@@H](c2ccccc2)N[C@H]1Cc1cccc(F)c1. The van der Waals surface area contributed by atoms with Crippen LogP contribution in [0.15, 0.2) is 54.6 Å². The zero-order valence-corrected chi connectivity index (χ0v) is 11.6. The van der Waals surface area contributed by atoms with Gasteiger partial charge in [0, 0.05) is 6.54 Å². The van der Waals surface area contributed by atoms with Gasteiger partial charge in [-0.3, -0.25) is 10.1 Å². The minimum atomic E-state index is -0.342. The molecule has 2 atom stereocenters. The fraction of sp³-hybridized carbons (Fsp3) is 0.235. The van der Waals surface area contributed by atoms with Crippen LogP contribution in [0.2, 0.25) is 0 Å². The second-order valence-corrected chi connectivity index (χ2v) is 5.26. The van der Waals surface area contributed by atoms with Crippen LogP contribution in [-0.2, 0) is 11.2 Å². The van der Waals surface area contributed by atoms with Crippen molar-refractivity contribution in [3.63, 3.8) is 0 Å². The molecule has 0 bridgehead atoms. The molecule has 2 N–H and O–H groups in total. The zero-order valence-electron chi connectivity index (χ0n) is 11.6. The van der Waals surface area contributed by atoms with Gasteiger partial charge in [-0.1, -0.05) is 42.5 Å². The lowest BCUT2D eigenvalue weighted by Gasteiger charge is -2.31. The molecule has 1 saturated heterocycles. The van der Waals surface area contributed by atoms with Crippen molar-refractivity contribution in [2.24, 2.45) is 0 Å². The molecule has 1 amide bonds. The Labute approximate surface area is 123 Å². The van der Waals surface area contributed by atoms with Gasteiger partial charge in [-0.2, -0.15) is 0 Å². The zero-order chi connectivity index (χ0) is 14.7. The highest BCUT2D eigenvalue weighted by molar-refractivity contribution is 5.83. The van der Waals surface area contributed by atoms with Crippen LogP contribution in [0.3, 0.4) is 0 Å². The van der Waals surface area contributed by atoms with Gasteiger partial charge in [-0.05, 0) is 29.7 Å². The number of hydrogen-bond acceptors (Lipinski definition) is 2. The van der Waals surface area contributed by atoms with Gasteiger partial charge in [0.2, 0.25) is 5.91 Å². The summed E-state index contributed by atoms with van der Waals surface area (Å²) in [6.45, 7) is 0.572. The van der Waals surface area contributed by atoms with Gasteiger partial charge in [0.05, 0.1) is 12.1 Å². The van der Waals surface area contributed by atoms with Crippen LogP contribution in [0.1, 0.15) is 17.2 Å². The molecule has 0 saturated carbocycles. The molecule has 108 valence electrons. The number of benzene rings is 2. The van der Waals surface area contributed by atoms with Crippen molar-refractivity contribution >= 4 is 5.91 Å². The van der Waals surface area contributed by atoms with Crippen molar-refractivity contribution in [1.82, 2.24) is 10.6 Å². The summed E-state index contributed by atoms with van der Waals surface area (Å²) in [5.41, 5.74) is 1.96. The number of amides is 1. The van der Waals surface area contributed by atoms with Crippen LogP contribution in [0, 0.1) is 5.82 Å². The summed E-state index contributed by atoms with van der Waals surface area (Å²) in [5.74, 6) is -0.310. The molecule has 2 aromatic rings. The Bertz CT molecular complexity index is 630. The summed E-state index contributed by atoms with van der Waals surface area (Å²) in [6.07, 6.45) is 0.479. The molecule has 1 fully saturated rings. The number of carbonyl (C=O) groups excluding carboxylic acids is 1. The van der Waals surface area contributed by atoms with Crippen LogP contribution >= 0.6 is 0 Å². The topological polar surface area (TPSA) is 41.1 Å². The largest absolute Gasteiger partial charge is 0.353 e. The third-order valence-corrected chi connectivity index (χ3v) is 3.73.